The zero-order chi connectivity index (χ0) is 19.5. The number of nitrogens with two attached hydrogens (primary N) is 1. The molecule has 3 saturated carbocycles. The van der Waals surface area contributed by atoms with Gasteiger partial charge in [-0.25, -0.2) is 0 Å². The Labute approximate surface area is 169 Å². The van der Waals surface area contributed by atoms with Gasteiger partial charge in [0.15, 0.2) is 0 Å². The van der Waals surface area contributed by atoms with Crippen molar-refractivity contribution in [3.63, 3.8) is 0 Å². The molecule has 1 spiro atoms. The van der Waals surface area contributed by atoms with E-state index in [1.54, 1.807) is 0 Å². The van der Waals surface area contributed by atoms with Gasteiger partial charge < -0.3 is 5.73 Å². The fourth-order valence-electron chi connectivity index (χ4n) is 7.48. The van der Waals surface area contributed by atoms with E-state index in [9.17, 15) is 0 Å². The van der Waals surface area contributed by atoms with Crippen LogP contribution in [0.1, 0.15) is 111 Å². The van der Waals surface area contributed by atoms with E-state index in [0.29, 0.717) is 16.9 Å². The number of hydrogen-bond donors (Lipinski definition) is 1. The predicted octanol–water partition coefficient (Wildman–Crippen LogP) is 7.41. The van der Waals surface area contributed by atoms with E-state index in [0.717, 1.165) is 17.8 Å². The summed E-state index contributed by atoms with van der Waals surface area (Å²) < 4.78 is 0. The minimum atomic E-state index is 0.449. The number of allylic oxidation sites excluding steroid dienone is 1. The molecule has 1 nitrogen and oxygen atoms in total. The summed E-state index contributed by atoms with van der Waals surface area (Å²) in [7, 11) is 0. The smallest absolute Gasteiger partial charge is 0.00470 e. The summed E-state index contributed by atoms with van der Waals surface area (Å²) in [6, 6.07) is 0.449. The van der Waals surface area contributed by atoms with E-state index in [1.165, 1.54) is 95.5 Å². The van der Waals surface area contributed by atoms with Crippen molar-refractivity contribution in [1.82, 2.24) is 0 Å². The van der Waals surface area contributed by atoms with Crippen molar-refractivity contribution < 1.29 is 0 Å². The first-order chi connectivity index (χ1) is 12.9. The fraction of sp³-hybridized carbons (Fsp3) is 0.885. The zero-order valence-corrected chi connectivity index (χ0v) is 18.5. The van der Waals surface area contributed by atoms with Crippen molar-refractivity contribution in [2.75, 3.05) is 0 Å². The van der Waals surface area contributed by atoms with Crippen LogP contribution in [0.2, 0.25) is 0 Å². The van der Waals surface area contributed by atoms with Gasteiger partial charge in [-0.05, 0) is 91.9 Å². The molecular formula is C26H45N. The molecule has 3 aliphatic rings. The van der Waals surface area contributed by atoms with Crippen LogP contribution in [0.15, 0.2) is 17.9 Å². The molecule has 0 aromatic carbocycles. The minimum Gasteiger partial charge on any atom is -0.328 e. The molecule has 0 amide bonds. The maximum Gasteiger partial charge on any atom is 0.00470 e. The van der Waals surface area contributed by atoms with Gasteiger partial charge in [-0.1, -0.05) is 59.5 Å². The molecule has 154 valence electrons. The molecule has 0 saturated heterocycles. The van der Waals surface area contributed by atoms with E-state index >= 15 is 0 Å². The molecule has 4 atom stereocenters. The molecule has 3 rings (SSSR count). The Kier molecular flexibility index (Phi) is 6.97. The molecule has 3 aliphatic carbocycles. The third-order valence-corrected chi connectivity index (χ3v) is 9.00. The molecule has 0 aromatic rings. The first-order valence-electron chi connectivity index (χ1n) is 12.0. The molecule has 0 aliphatic heterocycles. The fourth-order valence-corrected chi connectivity index (χ4v) is 7.48. The normalized spacial score (nSPS) is 44.2. The van der Waals surface area contributed by atoms with E-state index < -0.39 is 0 Å². The highest BCUT2D eigenvalue weighted by molar-refractivity contribution is 5.07. The number of rotatable bonds is 2. The third-order valence-electron chi connectivity index (χ3n) is 9.00. The van der Waals surface area contributed by atoms with Crippen LogP contribution < -0.4 is 5.73 Å². The summed E-state index contributed by atoms with van der Waals surface area (Å²) in [5, 5.41) is 0. The van der Waals surface area contributed by atoms with Gasteiger partial charge in [0, 0.05) is 6.04 Å². The molecule has 0 radical (unpaired) electrons. The van der Waals surface area contributed by atoms with Crippen molar-refractivity contribution in [2.24, 2.45) is 34.3 Å². The Morgan fingerprint density at radius 3 is 2.33 bits per heavy atom. The minimum absolute atomic E-state index is 0.449. The van der Waals surface area contributed by atoms with Crippen LogP contribution in [0.4, 0.5) is 0 Å². The highest BCUT2D eigenvalue weighted by Crippen LogP contribution is 2.55. The van der Waals surface area contributed by atoms with Gasteiger partial charge in [0.05, 0.1) is 0 Å². The van der Waals surface area contributed by atoms with Crippen LogP contribution in [-0.2, 0) is 0 Å². The van der Waals surface area contributed by atoms with Crippen LogP contribution in [0.3, 0.4) is 0 Å². The second-order valence-corrected chi connectivity index (χ2v) is 11.0. The van der Waals surface area contributed by atoms with Gasteiger partial charge in [0.25, 0.3) is 0 Å². The van der Waals surface area contributed by atoms with Crippen LogP contribution in [0, 0.1) is 28.6 Å². The molecule has 3 fully saturated rings. The van der Waals surface area contributed by atoms with E-state index in [-0.39, 0.29) is 0 Å². The van der Waals surface area contributed by atoms with Gasteiger partial charge in [-0.2, -0.15) is 0 Å². The summed E-state index contributed by atoms with van der Waals surface area (Å²) in [6.07, 6.45) is 19.2. The molecule has 0 bridgehead atoms. The summed E-state index contributed by atoms with van der Waals surface area (Å²) in [4.78, 5) is 0. The average molecular weight is 372 g/mol. The monoisotopic (exact) mass is 371 g/mol. The largest absolute Gasteiger partial charge is 0.328 e. The van der Waals surface area contributed by atoms with E-state index in [1.807, 2.05) is 0 Å². The second-order valence-electron chi connectivity index (χ2n) is 11.0. The van der Waals surface area contributed by atoms with Gasteiger partial charge in [0.2, 0.25) is 0 Å². The van der Waals surface area contributed by atoms with Gasteiger partial charge >= 0.3 is 0 Å². The third kappa shape index (κ3) is 4.73. The van der Waals surface area contributed by atoms with Gasteiger partial charge in [-0.3, -0.25) is 0 Å². The standard InChI is InChI=1S/C26H45N/c1-5-21-16-20(3)10-7-13-26(18-21)14-8-11-23(12-9-15-26)25(4)19-24(27)17-22(25)6-2/h20,22-24H,1,6-19,27H2,2-4H3/t20-,22?,23?,24+,25?,26?/m0/s1. The zero-order valence-electron chi connectivity index (χ0n) is 18.5. The molecule has 2 N–H and O–H groups in total. The summed E-state index contributed by atoms with van der Waals surface area (Å²) >= 11 is 0. The summed E-state index contributed by atoms with van der Waals surface area (Å²) in [5.41, 5.74) is 12.3. The Hall–Kier alpha value is -0.520. The lowest BCUT2D eigenvalue weighted by atomic mass is 9.61. The molecular weight excluding hydrogens is 326 g/mol. The highest BCUT2D eigenvalue weighted by atomic mass is 14.7. The topological polar surface area (TPSA) is 26.0 Å². The molecule has 0 aromatic heterocycles. The van der Waals surface area contributed by atoms with E-state index in [2.05, 4.69) is 33.1 Å². The van der Waals surface area contributed by atoms with Crippen LogP contribution in [0.25, 0.3) is 0 Å². The lowest BCUT2D eigenvalue weighted by molar-refractivity contribution is 0.0712. The highest BCUT2D eigenvalue weighted by Gasteiger charge is 2.47. The Balaban J connectivity index is 1.67. The van der Waals surface area contributed by atoms with Crippen LogP contribution >= 0.6 is 0 Å². The molecule has 2 unspecified atom stereocenters. The molecule has 0 heterocycles. The summed E-state index contributed by atoms with van der Waals surface area (Å²) in [5.74, 6) is 2.57. The van der Waals surface area contributed by atoms with Crippen molar-refractivity contribution in [3.8, 4) is 0 Å². The SMILES string of the molecule is C=C=C1C[C@@H](C)CCCC2(CCCC(C3(C)C[C@H](N)CC3CC)CCC2)C1. The lowest BCUT2D eigenvalue weighted by Gasteiger charge is -2.44. The average Bonchev–Trinajstić information content (AvgIpc) is 2.90. The molecule has 27 heavy (non-hydrogen) atoms. The Bertz CT molecular complexity index is 532. The molecule has 1 heteroatoms. The van der Waals surface area contributed by atoms with Crippen LogP contribution in [0.5, 0.6) is 0 Å². The first kappa shape index (κ1) is 21.2. The lowest BCUT2D eigenvalue weighted by Crippen LogP contribution is -2.34. The second kappa shape index (κ2) is 8.87. The van der Waals surface area contributed by atoms with Crippen molar-refractivity contribution in [2.45, 2.75) is 117 Å². The van der Waals surface area contributed by atoms with Gasteiger partial charge in [-0.15, -0.1) is 5.73 Å². The predicted molar refractivity (Wildman–Crippen MR) is 118 cm³/mol. The van der Waals surface area contributed by atoms with E-state index in [4.69, 9.17) is 5.73 Å². The van der Waals surface area contributed by atoms with Gasteiger partial charge in [0.1, 0.15) is 0 Å². The maximum atomic E-state index is 6.42. The van der Waals surface area contributed by atoms with Crippen LogP contribution in [-0.4, -0.2) is 6.04 Å². The quantitative estimate of drug-likeness (QED) is 0.502. The van der Waals surface area contributed by atoms with Crippen molar-refractivity contribution in [3.05, 3.63) is 17.9 Å². The Morgan fingerprint density at radius 2 is 1.74 bits per heavy atom. The first-order valence-corrected chi connectivity index (χ1v) is 12.0. The summed E-state index contributed by atoms with van der Waals surface area (Å²) in [6.45, 7) is 11.4. The van der Waals surface area contributed by atoms with Crippen molar-refractivity contribution >= 4 is 0 Å². The van der Waals surface area contributed by atoms with Crippen molar-refractivity contribution in [1.29, 1.82) is 0 Å². The Morgan fingerprint density at radius 1 is 1.11 bits per heavy atom. The number of hydrogen-bond acceptors (Lipinski definition) is 1. The maximum absolute atomic E-state index is 6.42.